The Morgan fingerprint density at radius 3 is 2.48 bits per heavy atom. The monoisotopic (exact) mass is 388 g/mol. The van der Waals surface area contributed by atoms with Crippen molar-refractivity contribution in [2.24, 2.45) is 0 Å². The maximum absolute atomic E-state index is 12.1. The van der Waals surface area contributed by atoms with E-state index in [-0.39, 0.29) is 24.5 Å². The summed E-state index contributed by atoms with van der Waals surface area (Å²) in [5.41, 5.74) is 2.03. The van der Waals surface area contributed by atoms with Crippen LogP contribution in [0.5, 0.6) is 0 Å². The molecule has 5 nitrogen and oxygen atoms in total. The number of benzene rings is 2. The predicted octanol–water partition coefficient (Wildman–Crippen LogP) is 4.59. The summed E-state index contributed by atoms with van der Waals surface area (Å²) in [6.07, 6.45) is 1.82. The molecule has 0 radical (unpaired) electrons. The Hall–Kier alpha value is -2.37. The minimum atomic E-state index is -0.350. The zero-order valence-electron chi connectivity index (χ0n) is 15.6. The van der Waals surface area contributed by atoms with E-state index in [0.29, 0.717) is 22.9 Å². The van der Waals surface area contributed by atoms with Gasteiger partial charge in [0.25, 0.3) is 0 Å². The van der Waals surface area contributed by atoms with Crippen LogP contribution in [0.15, 0.2) is 48.5 Å². The van der Waals surface area contributed by atoms with Gasteiger partial charge in [-0.15, -0.1) is 0 Å². The van der Waals surface area contributed by atoms with Gasteiger partial charge in [-0.05, 0) is 49.2 Å². The van der Waals surface area contributed by atoms with Crippen molar-refractivity contribution in [1.82, 2.24) is 5.32 Å². The van der Waals surface area contributed by atoms with Gasteiger partial charge in [-0.25, -0.2) is 4.79 Å². The fraction of sp³-hybridized carbons (Fsp3) is 0.333. The lowest BCUT2D eigenvalue weighted by Gasteiger charge is -2.15. The van der Waals surface area contributed by atoms with Gasteiger partial charge >= 0.3 is 5.97 Å². The summed E-state index contributed by atoms with van der Waals surface area (Å²) in [4.78, 5) is 24.0. The molecule has 0 spiro atoms. The van der Waals surface area contributed by atoms with Gasteiger partial charge in [-0.3, -0.25) is 4.79 Å². The Morgan fingerprint density at radius 2 is 1.81 bits per heavy atom. The van der Waals surface area contributed by atoms with E-state index in [2.05, 4.69) is 10.6 Å². The van der Waals surface area contributed by atoms with E-state index in [4.69, 9.17) is 16.3 Å². The molecule has 0 bridgehead atoms. The van der Waals surface area contributed by atoms with Gasteiger partial charge in [-0.1, -0.05) is 43.1 Å². The fourth-order valence-corrected chi connectivity index (χ4v) is 2.77. The van der Waals surface area contributed by atoms with E-state index >= 15 is 0 Å². The molecule has 0 fully saturated rings. The Bertz CT molecular complexity index is 762. The molecular formula is C21H25ClN2O3. The van der Waals surface area contributed by atoms with Crippen molar-refractivity contribution in [3.63, 3.8) is 0 Å². The van der Waals surface area contributed by atoms with Gasteiger partial charge in [0.1, 0.15) is 0 Å². The van der Waals surface area contributed by atoms with E-state index in [9.17, 15) is 9.59 Å². The Kier molecular flexibility index (Phi) is 8.30. The SMILES string of the molecule is CCCCOC(=O)c1ccc(NC(=O)CN[C@H](C)c2ccccc2Cl)cc1. The molecule has 27 heavy (non-hydrogen) atoms. The lowest BCUT2D eigenvalue weighted by atomic mass is 10.1. The number of carbonyl (C=O) groups excluding carboxylic acids is 2. The van der Waals surface area contributed by atoms with Crippen molar-refractivity contribution in [3.8, 4) is 0 Å². The number of esters is 1. The van der Waals surface area contributed by atoms with Crippen LogP contribution >= 0.6 is 11.6 Å². The average Bonchev–Trinajstić information content (AvgIpc) is 2.67. The maximum Gasteiger partial charge on any atom is 0.338 e. The van der Waals surface area contributed by atoms with Crippen LogP contribution in [0.25, 0.3) is 0 Å². The standard InChI is InChI=1S/C21H25ClN2O3/c1-3-4-13-27-21(26)16-9-11-17(12-10-16)24-20(25)14-23-15(2)18-7-5-6-8-19(18)22/h5-12,15,23H,3-4,13-14H2,1-2H3,(H,24,25)/t15-/m1/s1. The van der Waals surface area contributed by atoms with Gasteiger partial charge in [0, 0.05) is 16.8 Å². The quantitative estimate of drug-likeness (QED) is 0.487. The largest absolute Gasteiger partial charge is 0.462 e. The number of amides is 1. The van der Waals surface area contributed by atoms with Crippen LogP contribution in [0.1, 0.15) is 48.7 Å². The highest BCUT2D eigenvalue weighted by molar-refractivity contribution is 6.31. The predicted molar refractivity (Wildman–Crippen MR) is 108 cm³/mol. The molecule has 0 aliphatic heterocycles. The summed E-state index contributed by atoms with van der Waals surface area (Å²) >= 11 is 6.17. The summed E-state index contributed by atoms with van der Waals surface area (Å²) < 4.78 is 5.16. The highest BCUT2D eigenvalue weighted by Crippen LogP contribution is 2.21. The molecule has 1 atom stereocenters. The van der Waals surface area contributed by atoms with Crippen molar-refractivity contribution in [2.45, 2.75) is 32.7 Å². The highest BCUT2D eigenvalue weighted by atomic mass is 35.5. The van der Waals surface area contributed by atoms with Crippen molar-refractivity contribution in [3.05, 3.63) is 64.7 Å². The molecule has 144 valence electrons. The molecule has 1 amide bonds. The molecule has 0 unspecified atom stereocenters. The zero-order chi connectivity index (χ0) is 19.6. The van der Waals surface area contributed by atoms with Crippen LogP contribution in [0.2, 0.25) is 5.02 Å². The summed E-state index contributed by atoms with van der Waals surface area (Å²) in [5, 5.41) is 6.61. The van der Waals surface area contributed by atoms with Crippen LogP contribution in [-0.4, -0.2) is 25.0 Å². The molecule has 0 aliphatic carbocycles. The van der Waals surface area contributed by atoms with Gasteiger partial charge in [0.15, 0.2) is 0 Å². The first-order valence-electron chi connectivity index (χ1n) is 9.06. The number of nitrogens with one attached hydrogen (secondary N) is 2. The fourth-order valence-electron chi connectivity index (χ4n) is 2.47. The van der Waals surface area contributed by atoms with E-state index in [1.165, 1.54) is 0 Å². The summed E-state index contributed by atoms with van der Waals surface area (Å²) in [5.74, 6) is -0.524. The number of hydrogen-bond donors (Lipinski definition) is 2. The van der Waals surface area contributed by atoms with Crippen molar-refractivity contribution >= 4 is 29.2 Å². The van der Waals surface area contributed by atoms with Crippen LogP contribution in [0.4, 0.5) is 5.69 Å². The first kappa shape index (κ1) is 20.9. The topological polar surface area (TPSA) is 67.4 Å². The minimum Gasteiger partial charge on any atom is -0.462 e. The van der Waals surface area contributed by atoms with Crippen molar-refractivity contribution < 1.29 is 14.3 Å². The normalized spacial score (nSPS) is 11.7. The molecular weight excluding hydrogens is 364 g/mol. The van der Waals surface area contributed by atoms with Crippen LogP contribution < -0.4 is 10.6 Å². The third-order valence-electron chi connectivity index (χ3n) is 4.08. The number of carbonyl (C=O) groups is 2. The lowest BCUT2D eigenvalue weighted by Crippen LogP contribution is -2.30. The van der Waals surface area contributed by atoms with Gasteiger partial charge < -0.3 is 15.4 Å². The number of anilines is 1. The molecule has 0 aliphatic rings. The molecule has 2 aromatic carbocycles. The molecule has 0 aromatic heterocycles. The molecule has 0 heterocycles. The van der Waals surface area contributed by atoms with Crippen LogP contribution in [-0.2, 0) is 9.53 Å². The number of halogens is 1. The third kappa shape index (κ3) is 6.70. The number of ether oxygens (including phenoxy) is 1. The molecule has 2 aromatic rings. The van der Waals surface area contributed by atoms with E-state index in [1.54, 1.807) is 24.3 Å². The Labute approximate surface area is 165 Å². The third-order valence-corrected chi connectivity index (χ3v) is 4.42. The Morgan fingerprint density at radius 1 is 1.11 bits per heavy atom. The molecule has 2 N–H and O–H groups in total. The number of unbranched alkanes of at least 4 members (excludes halogenated alkanes) is 1. The van der Waals surface area contributed by atoms with E-state index in [0.717, 1.165) is 18.4 Å². The summed E-state index contributed by atoms with van der Waals surface area (Å²) in [6.45, 7) is 4.55. The summed E-state index contributed by atoms with van der Waals surface area (Å²) in [6, 6.07) is 14.1. The molecule has 0 saturated heterocycles. The number of rotatable bonds is 9. The zero-order valence-corrected chi connectivity index (χ0v) is 16.4. The first-order chi connectivity index (χ1) is 13.0. The average molecular weight is 389 g/mol. The highest BCUT2D eigenvalue weighted by Gasteiger charge is 2.11. The van der Waals surface area contributed by atoms with Crippen LogP contribution in [0, 0.1) is 0 Å². The number of hydrogen-bond acceptors (Lipinski definition) is 4. The smallest absolute Gasteiger partial charge is 0.338 e. The van der Waals surface area contributed by atoms with Gasteiger partial charge in [-0.2, -0.15) is 0 Å². The molecule has 2 rings (SSSR count). The van der Waals surface area contributed by atoms with Gasteiger partial charge in [0.2, 0.25) is 5.91 Å². The molecule has 6 heteroatoms. The Balaban J connectivity index is 1.82. The first-order valence-corrected chi connectivity index (χ1v) is 9.44. The molecule has 0 saturated carbocycles. The maximum atomic E-state index is 12.1. The van der Waals surface area contributed by atoms with E-state index in [1.807, 2.05) is 38.1 Å². The minimum absolute atomic E-state index is 0.0512. The lowest BCUT2D eigenvalue weighted by molar-refractivity contribution is -0.115. The second kappa shape index (κ2) is 10.7. The van der Waals surface area contributed by atoms with Crippen molar-refractivity contribution in [2.75, 3.05) is 18.5 Å². The van der Waals surface area contributed by atoms with E-state index < -0.39 is 0 Å². The van der Waals surface area contributed by atoms with Crippen LogP contribution in [0.3, 0.4) is 0 Å². The summed E-state index contributed by atoms with van der Waals surface area (Å²) in [7, 11) is 0. The second-order valence-corrected chi connectivity index (χ2v) is 6.65. The van der Waals surface area contributed by atoms with Crippen molar-refractivity contribution in [1.29, 1.82) is 0 Å². The second-order valence-electron chi connectivity index (χ2n) is 6.24. The van der Waals surface area contributed by atoms with Gasteiger partial charge in [0.05, 0.1) is 18.7 Å².